The van der Waals surface area contributed by atoms with Crippen molar-refractivity contribution >= 4 is 17.6 Å². The predicted octanol–water partition coefficient (Wildman–Crippen LogP) is 2.20. The van der Waals surface area contributed by atoms with Crippen LogP contribution in [0.4, 0.5) is 0 Å². The van der Waals surface area contributed by atoms with E-state index >= 15 is 0 Å². The molecule has 0 heterocycles. The lowest BCUT2D eigenvalue weighted by Gasteiger charge is -2.13. The van der Waals surface area contributed by atoms with E-state index in [-0.39, 0.29) is 22.9 Å². The van der Waals surface area contributed by atoms with E-state index < -0.39 is 12.1 Å². The van der Waals surface area contributed by atoms with Gasteiger partial charge >= 0.3 is 5.97 Å². The van der Waals surface area contributed by atoms with Crippen molar-refractivity contribution in [2.24, 2.45) is 0 Å². The standard InChI is InChI=1S/C12H15ClO4/c1-3-7-5-8(10(14)9(13)6-7)11(15)12(16)17-4-2/h5-6,11,14-15H,3-4H2,1-2H3. The van der Waals surface area contributed by atoms with E-state index in [1.807, 2.05) is 6.92 Å². The van der Waals surface area contributed by atoms with Gasteiger partial charge in [0, 0.05) is 5.56 Å². The Balaban J connectivity index is 3.11. The highest BCUT2D eigenvalue weighted by atomic mass is 35.5. The van der Waals surface area contributed by atoms with Gasteiger partial charge in [0.2, 0.25) is 0 Å². The van der Waals surface area contributed by atoms with Gasteiger partial charge in [-0.2, -0.15) is 0 Å². The van der Waals surface area contributed by atoms with Crippen LogP contribution in [0.5, 0.6) is 5.75 Å². The van der Waals surface area contributed by atoms with E-state index in [9.17, 15) is 15.0 Å². The number of esters is 1. The van der Waals surface area contributed by atoms with Gasteiger partial charge in [-0.15, -0.1) is 0 Å². The van der Waals surface area contributed by atoms with Crippen LogP contribution in [0.15, 0.2) is 12.1 Å². The first kappa shape index (κ1) is 13.8. The Morgan fingerprint density at radius 1 is 1.47 bits per heavy atom. The van der Waals surface area contributed by atoms with Crippen molar-refractivity contribution in [3.8, 4) is 5.75 Å². The number of phenolic OH excluding ortho intramolecular Hbond substituents is 1. The molecule has 1 rings (SSSR count). The van der Waals surface area contributed by atoms with E-state index in [0.29, 0.717) is 6.42 Å². The molecule has 0 radical (unpaired) electrons. The zero-order valence-corrected chi connectivity index (χ0v) is 10.5. The van der Waals surface area contributed by atoms with Crippen molar-refractivity contribution in [3.63, 3.8) is 0 Å². The number of benzene rings is 1. The lowest BCUT2D eigenvalue weighted by Crippen LogP contribution is -2.15. The molecule has 0 saturated carbocycles. The maximum Gasteiger partial charge on any atom is 0.339 e. The van der Waals surface area contributed by atoms with Crippen LogP contribution in [0, 0.1) is 0 Å². The Labute approximate surface area is 105 Å². The van der Waals surface area contributed by atoms with Gasteiger partial charge < -0.3 is 14.9 Å². The second-order valence-electron chi connectivity index (χ2n) is 3.52. The van der Waals surface area contributed by atoms with Crippen molar-refractivity contribution in [1.29, 1.82) is 0 Å². The molecule has 1 unspecified atom stereocenters. The summed E-state index contributed by atoms with van der Waals surface area (Å²) in [6, 6.07) is 3.14. The highest BCUT2D eigenvalue weighted by molar-refractivity contribution is 6.32. The van der Waals surface area contributed by atoms with Crippen molar-refractivity contribution in [1.82, 2.24) is 0 Å². The molecule has 17 heavy (non-hydrogen) atoms. The number of hydrogen-bond acceptors (Lipinski definition) is 4. The first-order chi connectivity index (χ1) is 8.01. The quantitative estimate of drug-likeness (QED) is 0.813. The number of phenols is 1. The van der Waals surface area contributed by atoms with Gasteiger partial charge in [-0.25, -0.2) is 4.79 Å². The molecule has 0 saturated heterocycles. The van der Waals surface area contributed by atoms with E-state index in [1.54, 1.807) is 19.1 Å². The number of aliphatic hydroxyl groups is 1. The average molecular weight is 259 g/mol. The first-order valence-electron chi connectivity index (χ1n) is 5.37. The Morgan fingerprint density at radius 2 is 2.12 bits per heavy atom. The molecule has 2 N–H and O–H groups in total. The van der Waals surface area contributed by atoms with E-state index in [4.69, 9.17) is 11.6 Å². The number of halogens is 1. The molecule has 0 bridgehead atoms. The van der Waals surface area contributed by atoms with E-state index in [2.05, 4.69) is 4.74 Å². The molecule has 0 aromatic heterocycles. The van der Waals surface area contributed by atoms with Crippen molar-refractivity contribution in [3.05, 3.63) is 28.3 Å². The summed E-state index contributed by atoms with van der Waals surface area (Å²) in [6.07, 6.45) is -0.832. The normalized spacial score (nSPS) is 12.2. The van der Waals surface area contributed by atoms with Crippen LogP contribution >= 0.6 is 11.6 Å². The van der Waals surface area contributed by atoms with Crippen LogP contribution in [0.25, 0.3) is 0 Å². The van der Waals surface area contributed by atoms with Crippen LogP contribution in [-0.4, -0.2) is 22.8 Å². The van der Waals surface area contributed by atoms with E-state index in [1.165, 1.54) is 0 Å². The monoisotopic (exact) mass is 258 g/mol. The molecule has 1 aromatic rings. The number of carbonyl (C=O) groups is 1. The van der Waals surface area contributed by atoms with Gasteiger partial charge in [-0.05, 0) is 31.0 Å². The molecule has 0 aliphatic heterocycles. The lowest BCUT2D eigenvalue weighted by atomic mass is 10.0. The number of ether oxygens (including phenoxy) is 1. The fraction of sp³-hybridized carbons (Fsp3) is 0.417. The summed E-state index contributed by atoms with van der Waals surface area (Å²) in [7, 11) is 0. The molecule has 4 nitrogen and oxygen atoms in total. The van der Waals surface area contributed by atoms with Crippen molar-refractivity contribution in [2.45, 2.75) is 26.4 Å². The lowest BCUT2D eigenvalue weighted by molar-refractivity contribution is -0.153. The molecule has 0 amide bonds. The Bertz CT molecular complexity index is 417. The van der Waals surface area contributed by atoms with Gasteiger partial charge in [-0.1, -0.05) is 18.5 Å². The summed E-state index contributed by atoms with van der Waals surface area (Å²) in [4.78, 5) is 11.4. The van der Waals surface area contributed by atoms with Gasteiger partial charge in [0.25, 0.3) is 0 Å². The van der Waals surface area contributed by atoms with Gasteiger partial charge in [0.05, 0.1) is 11.6 Å². The van der Waals surface area contributed by atoms with Gasteiger partial charge in [0.1, 0.15) is 5.75 Å². The molecule has 1 atom stereocenters. The molecular formula is C12H15ClO4. The third-order valence-electron chi connectivity index (χ3n) is 2.37. The number of aromatic hydroxyl groups is 1. The molecule has 0 spiro atoms. The SMILES string of the molecule is CCOC(=O)C(O)c1cc(CC)cc(Cl)c1O. The Kier molecular flexibility index (Phi) is 4.78. The van der Waals surface area contributed by atoms with Crippen LogP contribution < -0.4 is 0 Å². The third-order valence-corrected chi connectivity index (χ3v) is 2.65. The van der Waals surface area contributed by atoms with Crippen LogP contribution in [-0.2, 0) is 16.0 Å². The number of carbonyl (C=O) groups excluding carboxylic acids is 1. The number of aryl methyl sites for hydroxylation is 1. The zero-order chi connectivity index (χ0) is 13.0. The fourth-order valence-electron chi connectivity index (χ4n) is 1.44. The number of hydrogen-bond donors (Lipinski definition) is 2. The zero-order valence-electron chi connectivity index (χ0n) is 9.74. The van der Waals surface area contributed by atoms with Crippen molar-refractivity contribution in [2.75, 3.05) is 6.61 Å². The molecule has 0 aliphatic rings. The van der Waals surface area contributed by atoms with Crippen LogP contribution in [0.1, 0.15) is 31.1 Å². The second kappa shape index (κ2) is 5.89. The molecule has 0 aliphatic carbocycles. The predicted molar refractivity (Wildman–Crippen MR) is 64.1 cm³/mol. The van der Waals surface area contributed by atoms with E-state index in [0.717, 1.165) is 5.56 Å². The summed E-state index contributed by atoms with van der Waals surface area (Å²) in [5.74, 6) is -1.09. The highest BCUT2D eigenvalue weighted by Crippen LogP contribution is 2.33. The minimum Gasteiger partial charge on any atom is -0.506 e. The Hall–Kier alpha value is -1.26. The van der Waals surface area contributed by atoms with Gasteiger partial charge in [-0.3, -0.25) is 0 Å². The molecule has 1 aromatic carbocycles. The summed E-state index contributed by atoms with van der Waals surface area (Å²) in [5, 5.41) is 19.6. The third kappa shape index (κ3) is 3.11. The minimum atomic E-state index is -1.51. The van der Waals surface area contributed by atoms with Crippen LogP contribution in [0.2, 0.25) is 5.02 Å². The largest absolute Gasteiger partial charge is 0.506 e. The summed E-state index contributed by atoms with van der Waals surface area (Å²) in [6.45, 7) is 3.71. The second-order valence-corrected chi connectivity index (χ2v) is 3.93. The summed E-state index contributed by atoms with van der Waals surface area (Å²) in [5.41, 5.74) is 0.902. The number of aliphatic hydroxyl groups excluding tert-OH is 1. The van der Waals surface area contributed by atoms with Crippen molar-refractivity contribution < 1.29 is 19.7 Å². The van der Waals surface area contributed by atoms with Crippen LogP contribution in [0.3, 0.4) is 0 Å². The maximum atomic E-state index is 11.4. The number of rotatable bonds is 4. The topological polar surface area (TPSA) is 66.8 Å². The molecule has 5 heteroatoms. The molecule has 0 fully saturated rings. The first-order valence-corrected chi connectivity index (χ1v) is 5.75. The maximum absolute atomic E-state index is 11.4. The fourth-order valence-corrected chi connectivity index (χ4v) is 1.69. The Morgan fingerprint density at radius 3 is 2.65 bits per heavy atom. The summed E-state index contributed by atoms with van der Waals surface area (Å²) >= 11 is 5.81. The average Bonchev–Trinajstić information content (AvgIpc) is 2.31. The molecular weight excluding hydrogens is 244 g/mol. The summed E-state index contributed by atoms with van der Waals surface area (Å²) < 4.78 is 4.68. The minimum absolute atomic E-state index is 0.0767. The smallest absolute Gasteiger partial charge is 0.339 e. The molecule has 94 valence electrons. The highest BCUT2D eigenvalue weighted by Gasteiger charge is 2.23. The van der Waals surface area contributed by atoms with Gasteiger partial charge in [0.15, 0.2) is 6.10 Å².